The molecule has 2 aromatic heterocycles. The molecule has 1 unspecified atom stereocenters. The molecule has 9 nitrogen and oxygen atoms in total. The molecule has 2 amide bonds. The van der Waals surface area contributed by atoms with E-state index in [0.29, 0.717) is 49.3 Å². The topological polar surface area (TPSA) is 96.9 Å². The van der Waals surface area contributed by atoms with Gasteiger partial charge >= 0.3 is 0 Å². The van der Waals surface area contributed by atoms with E-state index in [2.05, 4.69) is 29.1 Å². The maximum absolute atomic E-state index is 12.9. The third-order valence-electron chi connectivity index (χ3n) is 6.28. The second-order valence-electron chi connectivity index (χ2n) is 8.51. The summed E-state index contributed by atoms with van der Waals surface area (Å²) in [6.07, 6.45) is -0.667. The highest BCUT2D eigenvalue weighted by molar-refractivity contribution is 7.18. The van der Waals surface area contributed by atoms with Gasteiger partial charge in [0, 0.05) is 31.1 Å². The van der Waals surface area contributed by atoms with E-state index >= 15 is 0 Å². The molecule has 10 heteroatoms. The van der Waals surface area contributed by atoms with Crippen LogP contribution in [0.4, 0.5) is 5.82 Å². The Morgan fingerprint density at radius 1 is 1.06 bits per heavy atom. The molecule has 5 rings (SSSR count). The second kappa shape index (κ2) is 9.09. The standard InChI is InChI=1S/C24H27N5O4S/c1-14-15(2)34-23-21(14)22(26-16(3)27-23)25-12-20(30)28-8-10-29(11-9-28)24(31)19-13-32-17-6-4-5-7-18(17)33-19/h4-7,19H,8-13H2,1-3H3,(H,25,26,27). The van der Waals surface area contributed by atoms with Crippen LogP contribution in [0.5, 0.6) is 11.5 Å². The Morgan fingerprint density at radius 2 is 1.76 bits per heavy atom. The van der Waals surface area contributed by atoms with E-state index in [1.165, 1.54) is 4.88 Å². The number of hydrogen-bond acceptors (Lipinski definition) is 8. The summed E-state index contributed by atoms with van der Waals surface area (Å²) in [6, 6.07) is 7.34. The number of nitrogens with one attached hydrogen (secondary N) is 1. The molecule has 2 aliphatic heterocycles. The number of benzene rings is 1. The van der Waals surface area contributed by atoms with Gasteiger partial charge in [-0.15, -0.1) is 11.3 Å². The van der Waals surface area contributed by atoms with Crippen molar-refractivity contribution in [2.24, 2.45) is 0 Å². The lowest BCUT2D eigenvalue weighted by atomic mass is 10.2. The minimum Gasteiger partial charge on any atom is -0.485 e. The van der Waals surface area contributed by atoms with Crippen LogP contribution in [-0.4, -0.2) is 77.0 Å². The van der Waals surface area contributed by atoms with E-state index in [1.54, 1.807) is 27.2 Å². The molecule has 3 aromatic rings. The number of nitrogens with zero attached hydrogens (tertiary/aromatic N) is 4. The molecule has 4 heterocycles. The van der Waals surface area contributed by atoms with Crippen LogP contribution in [0.3, 0.4) is 0 Å². The van der Waals surface area contributed by atoms with Crippen LogP contribution < -0.4 is 14.8 Å². The molecular weight excluding hydrogens is 454 g/mol. The van der Waals surface area contributed by atoms with Gasteiger partial charge in [-0.1, -0.05) is 12.1 Å². The molecule has 0 aliphatic carbocycles. The average molecular weight is 482 g/mol. The van der Waals surface area contributed by atoms with Crippen molar-refractivity contribution >= 4 is 39.2 Å². The molecule has 1 aromatic carbocycles. The van der Waals surface area contributed by atoms with Gasteiger partial charge in [-0.25, -0.2) is 9.97 Å². The predicted molar refractivity (Wildman–Crippen MR) is 130 cm³/mol. The number of aromatic nitrogens is 2. The maximum atomic E-state index is 12.9. The molecule has 1 fully saturated rings. The number of amides is 2. The SMILES string of the molecule is Cc1nc(NCC(=O)N2CCN(C(=O)C3COc4ccccc4O3)CC2)c2c(C)c(C)sc2n1. The number of fused-ring (bicyclic) bond motifs is 2. The van der Waals surface area contributed by atoms with E-state index in [4.69, 9.17) is 9.47 Å². The lowest BCUT2D eigenvalue weighted by molar-refractivity contribution is -0.145. The highest BCUT2D eigenvalue weighted by atomic mass is 32.1. The Hall–Kier alpha value is -3.40. The fraction of sp³-hybridized carbons (Fsp3) is 0.417. The molecule has 0 saturated carbocycles. The molecule has 34 heavy (non-hydrogen) atoms. The third kappa shape index (κ3) is 4.25. The smallest absolute Gasteiger partial charge is 0.267 e. The number of ether oxygens (including phenoxy) is 2. The van der Waals surface area contributed by atoms with Crippen molar-refractivity contribution in [2.45, 2.75) is 26.9 Å². The highest BCUT2D eigenvalue weighted by Crippen LogP contribution is 2.33. The zero-order valence-electron chi connectivity index (χ0n) is 19.5. The van der Waals surface area contributed by atoms with E-state index in [1.807, 2.05) is 25.1 Å². The number of anilines is 1. The Labute approximate surface area is 201 Å². The van der Waals surface area contributed by atoms with Gasteiger partial charge in [0.15, 0.2) is 11.5 Å². The van der Waals surface area contributed by atoms with E-state index in [0.717, 1.165) is 15.8 Å². The Morgan fingerprint density at radius 3 is 2.53 bits per heavy atom. The van der Waals surface area contributed by atoms with E-state index in [-0.39, 0.29) is 25.0 Å². The van der Waals surface area contributed by atoms with Crippen LogP contribution >= 0.6 is 11.3 Å². The van der Waals surface area contributed by atoms with E-state index < -0.39 is 6.10 Å². The number of aryl methyl sites for hydroxylation is 3. The van der Waals surface area contributed by atoms with Crippen LogP contribution in [0.2, 0.25) is 0 Å². The summed E-state index contributed by atoms with van der Waals surface area (Å²) < 4.78 is 11.5. The van der Waals surface area contributed by atoms with Crippen LogP contribution in [-0.2, 0) is 9.59 Å². The predicted octanol–water partition coefficient (Wildman–Crippen LogP) is 2.54. The first kappa shape index (κ1) is 22.4. The minimum absolute atomic E-state index is 0.0210. The van der Waals surface area contributed by atoms with Crippen LogP contribution in [0, 0.1) is 20.8 Å². The summed E-state index contributed by atoms with van der Waals surface area (Å²) in [5.41, 5.74) is 1.14. The lowest BCUT2D eigenvalue weighted by Crippen LogP contribution is -2.55. The van der Waals surface area contributed by atoms with Crippen molar-refractivity contribution in [3.63, 3.8) is 0 Å². The molecule has 0 spiro atoms. The molecule has 0 radical (unpaired) electrons. The Balaban J connectivity index is 1.16. The monoisotopic (exact) mass is 481 g/mol. The fourth-order valence-corrected chi connectivity index (χ4v) is 5.35. The van der Waals surface area contributed by atoms with Crippen LogP contribution in [0.15, 0.2) is 24.3 Å². The largest absolute Gasteiger partial charge is 0.485 e. The zero-order chi connectivity index (χ0) is 23.8. The molecule has 1 saturated heterocycles. The second-order valence-corrected chi connectivity index (χ2v) is 9.71. The van der Waals surface area contributed by atoms with Crippen LogP contribution in [0.1, 0.15) is 16.3 Å². The number of thiophene rings is 1. The van der Waals surface area contributed by atoms with Gasteiger partial charge in [-0.05, 0) is 38.5 Å². The van der Waals surface area contributed by atoms with Gasteiger partial charge in [0.05, 0.1) is 11.9 Å². The summed E-state index contributed by atoms with van der Waals surface area (Å²) in [5, 5.41) is 4.20. The number of piperazine rings is 1. The van der Waals surface area contributed by atoms with Gasteiger partial charge in [0.25, 0.3) is 5.91 Å². The summed E-state index contributed by atoms with van der Waals surface area (Å²) in [7, 11) is 0. The summed E-state index contributed by atoms with van der Waals surface area (Å²) in [6.45, 7) is 8.18. The Bertz CT molecular complexity index is 1250. The van der Waals surface area contributed by atoms with E-state index in [9.17, 15) is 9.59 Å². The average Bonchev–Trinajstić information content (AvgIpc) is 3.14. The van der Waals surface area contributed by atoms with Gasteiger partial charge < -0.3 is 24.6 Å². The lowest BCUT2D eigenvalue weighted by Gasteiger charge is -2.37. The van der Waals surface area contributed by atoms with Gasteiger partial charge in [-0.2, -0.15) is 0 Å². The summed E-state index contributed by atoms with van der Waals surface area (Å²) >= 11 is 1.64. The molecule has 0 bridgehead atoms. The quantitative estimate of drug-likeness (QED) is 0.612. The first-order valence-electron chi connectivity index (χ1n) is 11.3. The van der Waals surface area contributed by atoms with Crippen molar-refractivity contribution in [2.75, 3.05) is 44.6 Å². The van der Waals surface area contributed by atoms with Crippen LogP contribution in [0.25, 0.3) is 10.2 Å². The molecule has 178 valence electrons. The number of hydrogen-bond donors (Lipinski definition) is 1. The molecular formula is C24H27N5O4S. The van der Waals surface area contributed by atoms with Crippen molar-refractivity contribution in [3.05, 3.63) is 40.5 Å². The molecule has 1 N–H and O–H groups in total. The first-order valence-corrected chi connectivity index (χ1v) is 12.2. The fourth-order valence-electron chi connectivity index (χ4n) is 4.28. The van der Waals surface area contributed by atoms with Crippen molar-refractivity contribution in [1.82, 2.24) is 19.8 Å². The van der Waals surface area contributed by atoms with Crippen molar-refractivity contribution < 1.29 is 19.1 Å². The normalized spacial score (nSPS) is 17.7. The summed E-state index contributed by atoms with van der Waals surface area (Å²) in [5.74, 6) is 2.47. The maximum Gasteiger partial charge on any atom is 0.267 e. The van der Waals surface area contributed by atoms with Crippen molar-refractivity contribution in [1.29, 1.82) is 0 Å². The number of carbonyl (C=O) groups is 2. The van der Waals surface area contributed by atoms with Crippen molar-refractivity contribution in [3.8, 4) is 11.5 Å². The Kier molecular flexibility index (Phi) is 5.99. The number of rotatable bonds is 4. The first-order chi connectivity index (χ1) is 16.4. The molecule has 2 aliphatic rings. The minimum atomic E-state index is -0.667. The number of carbonyl (C=O) groups excluding carboxylic acids is 2. The van der Waals surface area contributed by atoms with Gasteiger partial charge in [0.2, 0.25) is 12.0 Å². The third-order valence-corrected chi connectivity index (χ3v) is 7.38. The van der Waals surface area contributed by atoms with Gasteiger partial charge in [-0.3, -0.25) is 9.59 Å². The highest BCUT2D eigenvalue weighted by Gasteiger charge is 2.33. The molecule has 1 atom stereocenters. The van der Waals surface area contributed by atoms with Gasteiger partial charge in [0.1, 0.15) is 23.1 Å². The number of para-hydroxylation sites is 2. The summed E-state index contributed by atoms with van der Waals surface area (Å²) in [4.78, 5) is 40.5. The zero-order valence-corrected chi connectivity index (χ0v) is 20.3.